The van der Waals surface area contributed by atoms with E-state index in [9.17, 15) is 4.79 Å². The van der Waals surface area contributed by atoms with Crippen LogP contribution < -0.4 is 14.4 Å². The molecule has 1 atom stereocenters. The molecule has 0 aliphatic carbocycles. The van der Waals surface area contributed by atoms with Crippen LogP contribution in [0.4, 0.5) is 5.69 Å². The van der Waals surface area contributed by atoms with Crippen molar-refractivity contribution < 1.29 is 14.3 Å². The van der Waals surface area contributed by atoms with Gasteiger partial charge in [-0.1, -0.05) is 60.7 Å². The van der Waals surface area contributed by atoms with Crippen molar-refractivity contribution in [2.24, 2.45) is 0 Å². The smallest absolute Gasteiger partial charge is 0.227 e. The molecule has 0 saturated carbocycles. The van der Waals surface area contributed by atoms with Gasteiger partial charge in [0.15, 0.2) is 0 Å². The molecule has 6 heteroatoms. The molecule has 1 unspecified atom stereocenters. The maximum atomic E-state index is 13.1. The van der Waals surface area contributed by atoms with Crippen LogP contribution in [0.5, 0.6) is 11.5 Å². The molecule has 2 heterocycles. The highest BCUT2D eigenvalue weighted by Crippen LogP contribution is 2.37. The highest BCUT2D eigenvalue weighted by Gasteiger charge is 2.35. The van der Waals surface area contributed by atoms with Gasteiger partial charge in [0, 0.05) is 24.3 Å². The number of amides is 1. The van der Waals surface area contributed by atoms with Gasteiger partial charge in [-0.25, -0.2) is 4.98 Å². The predicted octanol–water partition coefficient (Wildman–Crippen LogP) is 5.80. The molecule has 1 aliphatic rings. The van der Waals surface area contributed by atoms with E-state index in [1.54, 1.807) is 7.11 Å². The summed E-state index contributed by atoms with van der Waals surface area (Å²) >= 11 is 0. The van der Waals surface area contributed by atoms with E-state index in [1.807, 2.05) is 71.6 Å². The Balaban J connectivity index is 1.28. The number of hydrogen-bond acceptors (Lipinski definition) is 4. The molecule has 1 amide bonds. The normalized spacial score (nSPS) is 15.6. The van der Waals surface area contributed by atoms with Gasteiger partial charge in [-0.2, -0.15) is 0 Å². The fourth-order valence-corrected chi connectivity index (χ4v) is 5.18. The second kappa shape index (κ2) is 9.38. The van der Waals surface area contributed by atoms with Gasteiger partial charge < -0.3 is 18.9 Å². The number of nitrogens with zero attached hydrogens (tertiary/aromatic N) is 3. The Hall–Kier alpha value is -4.32. The van der Waals surface area contributed by atoms with E-state index in [4.69, 9.17) is 14.5 Å². The Morgan fingerprint density at radius 3 is 2.56 bits per heavy atom. The Morgan fingerprint density at radius 1 is 0.889 bits per heavy atom. The van der Waals surface area contributed by atoms with Crippen LogP contribution in [0.3, 0.4) is 0 Å². The SMILES string of the molecule is COc1ccccc1N1CC(c2nc3ccccc3n2CCOc2cccc3ccccc23)CC1=O. The van der Waals surface area contributed by atoms with E-state index >= 15 is 0 Å². The van der Waals surface area contributed by atoms with Gasteiger partial charge in [-0.15, -0.1) is 0 Å². The van der Waals surface area contributed by atoms with Gasteiger partial charge in [-0.3, -0.25) is 4.79 Å². The van der Waals surface area contributed by atoms with Crippen molar-refractivity contribution in [2.45, 2.75) is 18.9 Å². The van der Waals surface area contributed by atoms with Crippen molar-refractivity contribution in [3.63, 3.8) is 0 Å². The summed E-state index contributed by atoms with van der Waals surface area (Å²) in [6.07, 6.45) is 0.408. The summed E-state index contributed by atoms with van der Waals surface area (Å²) < 4.78 is 14.0. The molecule has 180 valence electrons. The molecule has 36 heavy (non-hydrogen) atoms. The first-order valence-electron chi connectivity index (χ1n) is 12.2. The van der Waals surface area contributed by atoms with Crippen LogP contribution >= 0.6 is 0 Å². The average molecular weight is 478 g/mol. The number of fused-ring (bicyclic) bond motifs is 2. The van der Waals surface area contributed by atoms with E-state index in [1.165, 1.54) is 0 Å². The summed E-state index contributed by atoms with van der Waals surface area (Å²) in [5, 5.41) is 2.26. The maximum absolute atomic E-state index is 13.1. The third kappa shape index (κ3) is 3.94. The van der Waals surface area contributed by atoms with Gasteiger partial charge in [0.25, 0.3) is 0 Å². The van der Waals surface area contributed by atoms with E-state index in [-0.39, 0.29) is 11.8 Å². The average Bonchev–Trinajstić information content (AvgIpc) is 3.49. The summed E-state index contributed by atoms with van der Waals surface area (Å²) in [7, 11) is 1.63. The number of imidazole rings is 1. The standard InChI is InChI=1S/C30H27N3O3/c1-35-28-15-7-6-14-26(28)33-20-22(19-29(33)34)30-31-24-12-4-5-13-25(24)32(30)17-18-36-27-16-8-10-21-9-2-3-11-23(21)27/h2-16,22H,17-20H2,1H3. The molecule has 1 aromatic heterocycles. The van der Waals surface area contributed by atoms with E-state index < -0.39 is 0 Å². The number of methoxy groups -OCH3 is 1. The molecule has 0 spiro atoms. The Morgan fingerprint density at radius 2 is 1.64 bits per heavy atom. The van der Waals surface area contributed by atoms with Crippen LogP contribution in [0.2, 0.25) is 0 Å². The third-order valence-electron chi connectivity index (χ3n) is 6.87. The number of carbonyl (C=O) groups excluding carboxylic acids is 1. The molecule has 1 aliphatic heterocycles. The van der Waals surface area contributed by atoms with Crippen molar-refractivity contribution >= 4 is 33.4 Å². The van der Waals surface area contributed by atoms with E-state index in [0.717, 1.165) is 39.1 Å². The molecule has 0 N–H and O–H groups in total. The number of ether oxygens (including phenoxy) is 2. The summed E-state index contributed by atoms with van der Waals surface area (Å²) in [6, 6.07) is 30.1. The Kier molecular flexibility index (Phi) is 5.77. The minimum atomic E-state index is -0.0210. The Labute approximate surface area is 209 Å². The van der Waals surface area contributed by atoms with Crippen LogP contribution in [-0.2, 0) is 11.3 Å². The van der Waals surface area contributed by atoms with Crippen molar-refractivity contribution in [2.75, 3.05) is 25.2 Å². The number of anilines is 1. The molecule has 5 aromatic rings. The molecule has 4 aromatic carbocycles. The molecule has 6 nitrogen and oxygen atoms in total. The van der Waals surface area contributed by atoms with Crippen LogP contribution in [0.25, 0.3) is 21.8 Å². The van der Waals surface area contributed by atoms with Crippen molar-refractivity contribution in [1.82, 2.24) is 9.55 Å². The summed E-state index contributed by atoms with van der Waals surface area (Å²) in [5.74, 6) is 2.55. The highest BCUT2D eigenvalue weighted by molar-refractivity contribution is 5.98. The van der Waals surface area contributed by atoms with Gasteiger partial charge in [-0.05, 0) is 35.7 Å². The van der Waals surface area contributed by atoms with E-state index in [0.29, 0.717) is 31.9 Å². The third-order valence-corrected chi connectivity index (χ3v) is 6.87. The first-order valence-corrected chi connectivity index (χ1v) is 12.2. The fraction of sp³-hybridized carbons (Fsp3) is 0.200. The zero-order chi connectivity index (χ0) is 24.5. The van der Waals surface area contributed by atoms with Crippen LogP contribution in [0, 0.1) is 0 Å². The van der Waals surface area contributed by atoms with Crippen molar-refractivity contribution in [1.29, 1.82) is 0 Å². The lowest BCUT2D eigenvalue weighted by Gasteiger charge is -2.20. The van der Waals surface area contributed by atoms with Crippen molar-refractivity contribution in [3.8, 4) is 11.5 Å². The largest absolute Gasteiger partial charge is 0.495 e. The van der Waals surface area contributed by atoms with Gasteiger partial charge in [0.2, 0.25) is 5.91 Å². The monoisotopic (exact) mass is 477 g/mol. The topological polar surface area (TPSA) is 56.6 Å². The number of rotatable bonds is 7. The number of aromatic nitrogens is 2. The minimum absolute atomic E-state index is 0.0210. The first kappa shape index (κ1) is 22.2. The second-order valence-corrected chi connectivity index (χ2v) is 9.01. The minimum Gasteiger partial charge on any atom is -0.495 e. The molecule has 0 radical (unpaired) electrons. The molecule has 0 bridgehead atoms. The molecule has 1 fully saturated rings. The first-order chi connectivity index (χ1) is 17.7. The van der Waals surface area contributed by atoms with Crippen LogP contribution in [0.1, 0.15) is 18.2 Å². The van der Waals surface area contributed by atoms with Gasteiger partial charge >= 0.3 is 0 Å². The lowest BCUT2D eigenvalue weighted by atomic mass is 10.1. The fourth-order valence-electron chi connectivity index (χ4n) is 5.18. The van der Waals surface area contributed by atoms with Gasteiger partial charge in [0.1, 0.15) is 23.9 Å². The quantitative estimate of drug-likeness (QED) is 0.297. The second-order valence-electron chi connectivity index (χ2n) is 9.01. The molecule has 6 rings (SSSR count). The van der Waals surface area contributed by atoms with E-state index in [2.05, 4.69) is 28.8 Å². The Bertz CT molecular complexity index is 1550. The number of hydrogen-bond donors (Lipinski definition) is 0. The zero-order valence-corrected chi connectivity index (χ0v) is 20.1. The zero-order valence-electron chi connectivity index (χ0n) is 20.1. The maximum Gasteiger partial charge on any atom is 0.227 e. The van der Waals surface area contributed by atoms with Crippen LogP contribution in [0.15, 0.2) is 91.0 Å². The van der Waals surface area contributed by atoms with Gasteiger partial charge in [0.05, 0.1) is 30.4 Å². The number of benzene rings is 4. The van der Waals surface area contributed by atoms with Crippen molar-refractivity contribution in [3.05, 3.63) is 96.8 Å². The predicted molar refractivity (Wildman–Crippen MR) is 142 cm³/mol. The summed E-state index contributed by atoms with van der Waals surface area (Å²) in [4.78, 5) is 19.9. The summed E-state index contributed by atoms with van der Waals surface area (Å²) in [5.41, 5.74) is 2.78. The van der Waals surface area contributed by atoms with Crippen LogP contribution in [-0.4, -0.2) is 35.7 Å². The lowest BCUT2D eigenvalue weighted by Crippen LogP contribution is -2.25. The lowest BCUT2D eigenvalue weighted by molar-refractivity contribution is -0.117. The number of carbonyl (C=O) groups is 1. The number of para-hydroxylation sites is 4. The highest BCUT2D eigenvalue weighted by atomic mass is 16.5. The molecular formula is C30H27N3O3. The summed E-state index contributed by atoms with van der Waals surface area (Å²) in [6.45, 7) is 1.70. The molecule has 1 saturated heterocycles. The molecular weight excluding hydrogens is 450 g/mol.